The first kappa shape index (κ1) is 18.9. The van der Waals surface area contributed by atoms with Crippen LogP contribution in [0.5, 0.6) is 5.75 Å². The maximum atomic E-state index is 12.1. The van der Waals surface area contributed by atoms with Crippen LogP contribution < -0.4 is 10.1 Å². The van der Waals surface area contributed by atoms with Gasteiger partial charge in [-0.15, -0.1) is 0 Å². The van der Waals surface area contributed by atoms with E-state index in [4.69, 9.17) is 4.74 Å². The third-order valence-electron chi connectivity index (χ3n) is 4.03. The number of hydrogen-bond donors (Lipinski definition) is 1. The van der Waals surface area contributed by atoms with Crippen molar-refractivity contribution in [3.63, 3.8) is 0 Å². The van der Waals surface area contributed by atoms with Gasteiger partial charge in [-0.05, 0) is 60.0 Å². The molecule has 0 radical (unpaired) electrons. The second kappa shape index (κ2) is 9.19. The fourth-order valence-electron chi connectivity index (χ4n) is 2.48. The molecule has 0 fully saturated rings. The van der Waals surface area contributed by atoms with Crippen LogP contribution in [0.3, 0.4) is 0 Å². The zero-order chi connectivity index (χ0) is 19.1. The van der Waals surface area contributed by atoms with Crippen LogP contribution >= 0.6 is 15.9 Å². The number of hydrogen-bond acceptors (Lipinski definition) is 2. The van der Waals surface area contributed by atoms with Crippen LogP contribution in [0.2, 0.25) is 0 Å². The third kappa shape index (κ3) is 5.83. The third-order valence-corrected chi connectivity index (χ3v) is 4.56. The van der Waals surface area contributed by atoms with Gasteiger partial charge in [0.25, 0.3) is 0 Å². The molecule has 0 aromatic heterocycles. The highest BCUT2D eigenvalue weighted by atomic mass is 79.9. The molecule has 0 saturated heterocycles. The first-order valence-electron chi connectivity index (χ1n) is 8.62. The summed E-state index contributed by atoms with van der Waals surface area (Å²) in [4.78, 5) is 12.1. The molecule has 3 rings (SSSR count). The molecule has 1 N–H and O–H groups in total. The van der Waals surface area contributed by atoms with Crippen molar-refractivity contribution in [1.82, 2.24) is 0 Å². The number of anilines is 1. The summed E-state index contributed by atoms with van der Waals surface area (Å²) in [5, 5.41) is 2.88. The molecule has 136 valence electrons. The highest BCUT2D eigenvalue weighted by Gasteiger charge is 2.01. The van der Waals surface area contributed by atoms with Crippen molar-refractivity contribution in [2.75, 3.05) is 5.32 Å². The van der Waals surface area contributed by atoms with Crippen molar-refractivity contribution in [3.05, 3.63) is 100 Å². The summed E-state index contributed by atoms with van der Waals surface area (Å²) in [6.07, 6.45) is 3.32. The highest BCUT2D eigenvalue weighted by Crippen LogP contribution is 2.17. The molecule has 0 unspecified atom stereocenters. The molecular weight excluding hydrogens is 402 g/mol. The van der Waals surface area contributed by atoms with Crippen molar-refractivity contribution in [2.24, 2.45) is 0 Å². The van der Waals surface area contributed by atoms with Gasteiger partial charge in [0.05, 0.1) is 0 Å². The van der Waals surface area contributed by atoms with Crippen LogP contribution in [0.4, 0.5) is 5.69 Å². The summed E-state index contributed by atoms with van der Waals surface area (Å²) < 4.78 is 6.84. The van der Waals surface area contributed by atoms with E-state index in [1.165, 1.54) is 6.08 Å². The van der Waals surface area contributed by atoms with E-state index >= 15 is 0 Å². The number of ether oxygens (including phenoxy) is 1. The number of rotatable bonds is 6. The van der Waals surface area contributed by atoms with Gasteiger partial charge in [0.15, 0.2) is 0 Å². The number of nitrogens with one attached hydrogen (secondary N) is 1. The molecule has 3 aromatic carbocycles. The number of carbonyl (C=O) groups is 1. The summed E-state index contributed by atoms with van der Waals surface area (Å²) >= 11 is 3.42. The Labute approximate surface area is 167 Å². The fraction of sp³-hybridized carbons (Fsp3) is 0.0870. The molecule has 1 amide bonds. The van der Waals surface area contributed by atoms with Crippen molar-refractivity contribution in [2.45, 2.75) is 13.5 Å². The van der Waals surface area contributed by atoms with Gasteiger partial charge >= 0.3 is 0 Å². The van der Waals surface area contributed by atoms with E-state index in [-0.39, 0.29) is 5.91 Å². The molecule has 0 atom stereocenters. The Bertz CT molecular complexity index is 931. The molecule has 0 aliphatic rings. The summed E-state index contributed by atoms with van der Waals surface area (Å²) in [5.41, 5.74) is 3.90. The minimum Gasteiger partial charge on any atom is -0.489 e. The van der Waals surface area contributed by atoms with Gasteiger partial charge in [0.1, 0.15) is 12.4 Å². The largest absolute Gasteiger partial charge is 0.489 e. The molecule has 0 heterocycles. The second-order valence-electron chi connectivity index (χ2n) is 6.12. The lowest BCUT2D eigenvalue weighted by Crippen LogP contribution is -2.08. The van der Waals surface area contributed by atoms with Crippen molar-refractivity contribution < 1.29 is 9.53 Å². The predicted molar refractivity (Wildman–Crippen MR) is 114 cm³/mol. The van der Waals surface area contributed by atoms with Gasteiger partial charge in [-0.3, -0.25) is 4.79 Å². The summed E-state index contributed by atoms with van der Waals surface area (Å²) in [6, 6.07) is 23.4. The average Bonchev–Trinajstić information content (AvgIpc) is 2.68. The molecule has 27 heavy (non-hydrogen) atoms. The summed E-state index contributed by atoms with van der Waals surface area (Å²) in [7, 11) is 0. The molecule has 3 aromatic rings. The molecule has 0 aliphatic carbocycles. The molecule has 3 nitrogen and oxygen atoms in total. The van der Waals surface area contributed by atoms with Crippen LogP contribution in [0, 0.1) is 6.92 Å². The van der Waals surface area contributed by atoms with Crippen LogP contribution in [-0.2, 0) is 11.4 Å². The lowest BCUT2D eigenvalue weighted by atomic mass is 10.2. The number of carbonyl (C=O) groups excluding carboxylic acids is 1. The number of amides is 1. The normalized spacial score (nSPS) is 10.7. The zero-order valence-electron chi connectivity index (χ0n) is 15.0. The van der Waals surface area contributed by atoms with Gasteiger partial charge < -0.3 is 10.1 Å². The molecule has 0 saturated carbocycles. The quantitative estimate of drug-likeness (QED) is 0.496. The van der Waals surface area contributed by atoms with Crippen LogP contribution in [0.25, 0.3) is 6.08 Å². The standard InChI is InChI=1S/C23H20BrNO2/c1-17-4-2-3-5-22(17)25-23(26)15-10-18-8-13-21(14-9-18)27-16-19-6-11-20(24)12-7-19/h2-15H,16H2,1H3,(H,25,26)/b15-10+. The van der Waals surface area contributed by atoms with Crippen LogP contribution in [0.15, 0.2) is 83.3 Å². The average molecular weight is 422 g/mol. The van der Waals surface area contributed by atoms with Crippen molar-refractivity contribution in [3.8, 4) is 5.75 Å². The van der Waals surface area contributed by atoms with Crippen LogP contribution in [-0.4, -0.2) is 5.91 Å². The Morgan fingerprint density at radius 2 is 1.70 bits per heavy atom. The Kier molecular flexibility index (Phi) is 6.44. The highest BCUT2D eigenvalue weighted by molar-refractivity contribution is 9.10. The van der Waals surface area contributed by atoms with E-state index in [1.54, 1.807) is 6.08 Å². The number of benzene rings is 3. The first-order valence-corrected chi connectivity index (χ1v) is 9.41. The Balaban J connectivity index is 1.53. The summed E-state index contributed by atoms with van der Waals surface area (Å²) in [6.45, 7) is 2.48. The van der Waals surface area contributed by atoms with E-state index < -0.39 is 0 Å². The molecule has 0 spiro atoms. The Morgan fingerprint density at radius 1 is 1.00 bits per heavy atom. The minimum absolute atomic E-state index is 0.153. The van der Waals surface area contributed by atoms with Crippen molar-refractivity contribution >= 4 is 33.6 Å². The van der Waals surface area contributed by atoms with E-state index in [0.29, 0.717) is 6.61 Å². The topological polar surface area (TPSA) is 38.3 Å². The monoisotopic (exact) mass is 421 g/mol. The SMILES string of the molecule is Cc1ccccc1NC(=O)/C=C/c1ccc(OCc2ccc(Br)cc2)cc1. The van der Waals surface area contributed by atoms with Crippen molar-refractivity contribution in [1.29, 1.82) is 0 Å². The van der Waals surface area contributed by atoms with Gasteiger partial charge in [-0.1, -0.05) is 58.4 Å². The van der Waals surface area contributed by atoms with E-state index in [0.717, 1.165) is 32.6 Å². The lowest BCUT2D eigenvalue weighted by Gasteiger charge is -2.07. The Morgan fingerprint density at radius 3 is 2.41 bits per heavy atom. The molecule has 4 heteroatoms. The van der Waals surface area contributed by atoms with E-state index in [9.17, 15) is 4.79 Å². The number of aryl methyl sites for hydroxylation is 1. The molecular formula is C23H20BrNO2. The van der Waals surface area contributed by atoms with Gasteiger partial charge in [0.2, 0.25) is 5.91 Å². The number of para-hydroxylation sites is 1. The Hall–Kier alpha value is -2.85. The first-order chi connectivity index (χ1) is 13.1. The van der Waals surface area contributed by atoms with E-state index in [1.807, 2.05) is 79.7 Å². The minimum atomic E-state index is -0.153. The van der Waals surface area contributed by atoms with Gasteiger partial charge in [0, 0.05) is 16.2 Å². The predicted octanol–water partition coefficient (Wildman–Crippen LogP) is 5.99. The number of halogens is 1. The summed E-state index contributed by atoms with van der Waals surface area (Å²) in [5.74, 6) is 0.638. The van der Waals surface area contributed by atoms with Gasteiger partial charge in [-0.2, -0.15) is 0 Å². The molecule has 0 aliphatic heterocycles. The maximum Gasteiger partial charge on any atom is 0.248 e. The van der Waals surface area contributed by atoms with Crippen LogP contribution in [0.1, 0.15) is 16.7 Å². The van der Waals surface area contributed by atoms with E-state index in [2.05, 4.69) is 21.2 Å². The van der Waals surface area contributed by atoms with Gasteiger partial charge in [-0.25, -0.2) is 0 Å². The molecule has 0 bridgehead atoms. The zero-order valence-corrected chi connectivity index (χ0v) is 16.6. The lowest BCUT2D eigenvalue weighted by molar-refractivity contribution is -0.111. The second-order valence-corrected chi connectivity index (χ2v) is 7.04. The smallest absolute Gasteiger partial charge is 0.248 e. The maximum absolute atomic E-state index is 12.1. The fourth-order valence-corrected chi connectivity index (χ4v) is 2.75.